The first-order chi connectivity index (χ1) is 12.6. The average Bonchev–Trinajstić information content (AvgIpc) is 3.41. The third-order valence-electron chi connectivity index (χ3n) is 11.0. The molecule has 26 heavy (non-hydrogen) atoms. The van der Waals surface area contributed by atoms with Gasteiger partial charge >= 0.3 is 11.9 Å². The van der Waals surface area contributed by atoms with Crippen molar-refractivity contribution < 1.29 is 23.9 Å². The predicted molar refractivity (Wildman–Crippen MR) is 85.1 cm³/mol. The lowest BCUT2D eigenvalue weighted by Gasteiger charge is -2.60. The third kappa shape index (κ3) is 0.848. The zero-order valence-corrected chi connectivity index (χ0v) is 14.7. The highest BCUT2D eigenvalue weighted by atomic mass is 16.6. The fraction of sp³-hybridized carbons (Fsp3) is 0.857. The first-order valence-corrected chi connectivity index (χ1v) is 10.4. The van der Waals surface area contributed by atoms with Gasteiger partial charge in [0.15, 0.2) is 0 Å². The fourth-order valence-electron chi connectivity index (χ4n) is 11.6. The van der Waals surface area contributed by atoms with Crippen LogP contribution in [-0.2, 0) is 23.9 Å². The van der Waals surface area contributed by atoms with E-state index in [1.807, 2.05) is 0 Å². The van der Waals surface area contributed by atoms with E-state index >= 15 is 0 Å². The van der Waals surface area contributed by atoms with Gasteiger partial charge < -0.3 is 9.47 Å². The van der Waals surface area contributed by atoms with Gasteiger partial charge in [0.2, 0.25) is 0 Å². The zero-order valence-electron chi connectivity index (χ0n) is 14.7. The molecule has 9 rings (SSSR count). The van der Waals surface area contributed by atoms with E-state index in [0.29, 0.717) is 47.7 Å². The van der Waals surface area contributed by atoms with Crippen LogP contribution in [0.15, 0.2) is 0 Å². The normalized spacial score (nSPS) is 68.9. The van der Waals surface area contributed by atoms with Crippen molar-refractivity contribution in [1.29, 1.82) is 0 Å². The molecule has 9 fully saturated rings. The van der Waals surface area contributed by atoms with E-state index in [-0.39, 0.29) is 41.7 Å². The van der Waals surface area contributed by atoms with Gasteiger partial charge in [0, 0.05) is 18.3 Å². The molecule has 0 aromatic carbocycles. The van der Waals surface area contributed by atoms with Gasteiger partial charge in [-0.25, -0.2) is 0 Å². The van der Waals surface area contributed by atoms with Gasteiger partial charge in [-0.1, -0.05) is 0 Å². The summed E-state index contributed by atoms with van der Waals surface area (Å²) < 4.78 is 11.5. The standard InChI is InChI=1S/C21H22O5/c1-25-18(23)20-15-7-3-5-9-11(7)17-13(15)12-14(21(17,20)19(24)26-9)6-2-4-8(22)10(6)16(12)20/h6-7,9-17H,2-5H2,1H3/t6-,7-,9+,10+,11+,12+,13-,14+,15+,16+,17-,20+,21+/m1/s1. The second kappa shape index (κ2) is 3.51. The van der Waals surface area contributed by atoms with Crippen LogP contribution in [0.4, 0.5) is 0 Å². The smallest absolute Gasteiger partial charge is 0.314 e. The molecule has 5 heteroatoms. The maximum atomic E-state index is 13.6. The van der Waals surface area contributed by atoms with Crippen molar-refractivity contribution in [2.45, 2.75) is 31.8 Å². The molecule has 8 saturated carbocycles. The van der Waals surface area contributed by atoms with Crippen molar-refractivity contribution in [3.8, 4) is 0 Å². The van der Waals surface area contributed by atoms with Gasteiger partial charge in [-0.3, -0.25) is 14.4 Å². The highest BCUT2D eigenvalue weighted by molar-refractivity contribution is 5.98. The quantitative estimate of drug-likeness (QED) is 0.667. The maximum absolute atomic E-state index is 13.6. The van der Waals surface area contributed by atoms with E-state index in [2.05, 4.69) is 0 Å². The highest BCUT2D eigenvalue weighted by Gasteiger charge is 3.02. The number of ketones is 1. The Morgan fingerprint density at radius 3 is 2.62 bits per heavy atom. The summed E-state index contributed by atoms with van der Waals surface area (Å²) in [4.78, 5) is 39.9. The van der Waals surface area contributed by atoms with E-state index in [1.54, 1.807) is 0 Å². The van der Waals surface area contributed by atoms with E-state index in [4.69, 9.17) is 9.47 Å². The maximum Gasteiger partial charge on any atom is 0.314 e. The van der Waals surface area contributed by atoms with Crippen LogP contribution in [0.2, 0.25) is 0 Å². The number of methoxy groups -OCH3 is 1. The summed E-state index contributed by atoms with van der Waals surface area (Å²) in [6, 6.07) is 0. The van der Waals surface area contributed by atoms with E-state index < -0.39 is 10.8 Å². The monoisotopic (exact) mass is 354 g/mol. The minimum Gasteiger partial charge on any atom is -0.469 e. The van der Waals surface area contributed by atoms with Crippen molar-refractivity contribution in [3.63, 3.8) is 0 Å². The molecule has 0 aromatic rings. The minimum atomic E-state index is -0.749. The first-order valence-electron chi connectivity index (χ1n) is 10.4. The Kier molecular flexibility index (Phi) is 1.86. The van der Waals surface area contributed by atoms with Crippen LogP contribution in [0.25, 0.3) is 0 Å². The molecule has 0 radical (unpaired) electrons. The Bertz CT molecular complexity index is 849. The summed E-state index contributed by atoms with van der Waals surface area (Å²) in [6.45, 7) is 0. The Morgan fingerprint density at radius 2 is 1.81 bits per heavy atom. The van der Waals surface area contributed by atoms with Crippen LogP contribution in [0.5, 0.6) is 0 Å². The molecule has 0 aromatic heterocycles. The van der Waals surface area contributed by atoms with Crippen molar-refractivity contribution >= 4 is 17.7 Å². The summed E-state index contributed by atoms with van der Waals surface area (Å²) >= 11 is 0. The van der Waals surface area contributed by atoms with Crippen LogP contribution in [0.1, 0.15) is 25.7 Å². The fourth-order valence-corrected chi connectivity index (χ4v) is 11.6. The molecule has 8 bridgehead atoms. The third-order valence-corrected chi connectivity index (χ3v) is 11.0. The van der Waals surface area contributed by atoms with Crippen LogP contribution in [0.3, 0.4) is 0 Å². The topological polar surface area (TPSA) is 69.7 Å². The molecule has 0 unspecified atom stereocenters. The molecule has 1 heterocycles. The molecule has 0 N–H and O–H groups in total. The number of Topliss-reactive ketones (excluding diaryl/α,β-unsaturated/α-hetero) is 1. The van der Waals surface area contributed by atoms with E-state index in [9.17, 15) is 14.4 Å². The lowest BCUT2D eigenvalue weighted by atomic mass is 9.43. The second-order valence-corrected chi connectivity index (χ2v) is 10.4. The summed E-state index contributed by atoms with van der Waals surface area (Å²) in [5.41, 5.74) is -1.40. The molecular formula is C21H22O5. The molecule has 0 amide bonds. The van der Waals surface area contributed by atoms with Crippen LogP contribution < -0.4 is 0 Å². The van der Waals surface area contributed by atoms with Gasteiger partial charge in [0.1, 0.15) is 11.9 Å². The van der Waals surface area contributed by atoms with Crippen molar-refractivity contribution in [1.82, 2.24) is 0 Å². The molecule has 8 aliphatic carbocycles. The Hall–Kier alpha value is -1.39. The predicted octanol–water partition coefficient (Wildman–Crippen LogP) is 1.44. The van der Waals surface area contributed by atoms with Crippen molar-refractivity contribution in [2.24, 2.45) is 70.0 Å². The Morgan fingerprint density at radius 1 is 1.00 bits per heavy atom. The first kappa shape index (κ1) is 13.7. The van der Waals surface area contributed by atoms with Gasteiger partial charge in [-0.05, 0) is 66.6 Å². The zero-order chi connectivity index (χ0) is 17.3. The largest absolute Gasteiger partial charge is 0.469 e. The Labute approximate surface area is 151 Å². The molecular weight excluding hydrogens is 332 g/mol. The average molecular weight is 354 g/mol. The molecule has 1 spiro atoms. The van der Waals surface area contributed by atoms with Crippen molar-refractivity contribution in [3.05, 3.63) is 0 Å². The Balaban J connectivity index is 1.48. The molecule has 5 nitrogen and oxygen atoms in total. The van der Waals surface area contributed by atoms with E-state index in [1.165, 1.54) is 7.11 Å². The molecule has 9 aliphatic rings. The second-order valence-electron chi connectivity index (χ2n) is 10.4. The van der Waals surface area contributed by atoms with Crippen LogP contribution in [0, 0.1) is 70.0 Å². The number of hydrogen-bond donors (Lipinski definition) is 0. The summed E-state index contributed by atoms with van der Waals surface area (Å²) in [6.07, 6.45) is 3.66. The van der Waals surface area contributed by atoms with Crippen molar-refractivity contribution in [2.75, 3.05) is 7.11 Å². The number of fused-ring (bicyclic) bond motifs is 1. The number of rotatable bonds is 1. The van der Waals surface area contributed by atoms with Gasteiger partial charge in [0.05, 0.1) is 17.9 Å². The highest BCUT2D eigenvalue weighted by Crippen LogP contribution is 2.98. The summed E-state index contributed by atoms with van der Waals surface area (Å²) in [5.74, 6) is 3.06. The SMILES string of the molecule is COC(=O)[C@@]12[C@H]3[C@@H]4CC[C@@H]5OC(=O)[C@]16[C@H]([C@@H]45)[C@@H]3[C@H]1[C@@H]6[C@@H]3CCC(=O)[C@H]3[C@@H]12. The van der Waals surface area contributed by atoms with Gasteiger partial charge in [0.25, 0.3) is 0 Å². The van der Waals surface area contributed by atoms with Gasteiger partial charge in [-0.2, -0.15) is 0 Å². The molecule has 1 aliphatic heterocycles. The molecule has 13 atom stereocenters. The number of hydrogen-bond acceptors (Lipinski definition) is 5. The van der Waals surface area contributed by atoms with Crippen LogP contribution in [-0.4, -0.2) is 30.9 Å². The van der Waals surface area contributed by atoms with Crippen LogP contribution >= 0.6 is 0 Å². The lowest BCUT2D eigenvalue weighted by molar-refractivity contribution is -0.232. The summed E-state index contributed by atoms with van der Waals surface area (Å²) in [7, 11) is 1.47. The lowest BCUT2D eigenvalue weighted by Crippen LogP contribution is -2.68. The number of carbonyl (C=O) groups excluding carboxylic acids is 3. The number of carbonyl (C=O) groups is 3. The number of esters is 2. The van der Waals surface area contributed by atoms with Gasteiger partial charge in [-0.15, -0.1) is 0 Å². The molecule has 1 saturated heterocycles. The summed E-state index contributed by atoms with van der Waals surface area (Å²) in [5, 5.41) is 0. The minimum absolute atomic E-state index is 0.00616. The molecule has 136 valence electrons. The van der Waals surface area contributed by atoms with E-state index in [0.717, 1.165) is 19.3 Å². The number of ether oxygens (including phenoxy) is 2.